The minimum Gasteiger partial charge on any atom is -0.508 e. The summed E-state index contributed by atoms with van der Waals surface area (Å²) in [6.45, 7) is 0. The third-order valence-electron chi connectivity index (χ3n) is 6.98. The third-order valence-corrected chi connectivity index (χ3v) is 6.98. The number of phenols is 1. The van der Waals surface area contributed by atoms with Gasteiger partial charge < -0.3 is 10.2 Å². The third kappa shape index (κ3) is 4.23. The number of likely N-dealkylation sites (tertiary alicyclic amines) is 1. The van der Waals surface area contributed by atoms with Gasteiger partial charge in [0.2, 0.25) is 5.91 Å². The summed E-state index contributed by atoms with van der Waals surface area (Å²) in [5.74, 6) is -4.29. The summed E-state index contributed by atoms with van der Waals surface area (Å²) in [4.78, 5) is 41.0. The van der Waals surface area contributed by atoms with Crippen molar-refractivity contribution in [1.29, 1.82) is 0 Å². The van der Waals surface area contributed by atoms with Gasteiger partial charge in [-0.15, -0.1) is 0 Å². The number of carbonyl (C=O) groups is 3. The number of carboxylic acids is 1. The van der Waals surface area contributed by atoms with E-state index in [2.05, 4.69) is 0 Å². The molecule has 5 rings (SSSR count). The van der Waals surface area contributed by atoms with Crippen LogP contribution in [0.15, 0.2) is 96.6 Å². The molecule has 1 aliphatic carbocycles. The molecule has 4 atom stereocenters. The van der Waals surface area contributed by atoms with E-state index in [-0.39, 0.29) is 17.2 Å². The number of nitrogens with zero attached hydrogens (tertiary/aromatic N) is 1. The number of allylic oxidation sites excluding steroid dienone is 1. The molecule has 0 saturated carbocycles. The first-order valence-corrected chi connectivity index (χ1v) is 11.6. The predicted molar refractivity (Wildman–Crippen MR) is 130 cm³/mol. The maximum atomic E-state index is 13.7. The number of carbonyl (C=O) groups excluding carboxylic acids is 2. The molecule has 4 unspecified atom stereocenters. The highest BCUT2D eigenvalue weighted by Gasteiger charge is 2.59. The maximum Gasteiger partial charge on any atom is 0.309 e. The van der Waals surface area contributed by atoms with Crippen LogP contribution in [-0.4, -0.2) is 38.9 Å². The Bertz CT molecular complexity index is 1280. The molecule has 35 heavy (non-hydrogen) atoms. The molecule has 0 spiro atoms. The molecule has 3 aromatic carbocycles. The van der Waals surface area contributed by atoms with Gasteiger partial charge in [0, 0.05) is 5.56 Å². The number of imide groups is 1. The summed E-state index contributed by atoms with van der Waals surface area (Å²) in [6.07, 6.45) is 2.98. The van der Waals surface area contributed by atoms with Crippen molar-refractivity contribution in [2.75, 3.05) is 0 Å². The molecule has 176 valence electrons. The number of benzene rings is 3. The van der Waals surface area contributed by atoms with Gasteiger partial charge in [0.05, 0.1) is 17.9 Å². The normalized spacial score (nSPS) is 23.1. The zero-order valence-corrected chi connectivity index (χ0v) is 19.0. The van der Waals surface area contributed by atoms with Crippen LogP contribution < -0.4 is 0 Å². The number of phenolic OH excluding ortho intramolecular Hbond substituents is 1. The minimum atomic E-state index is -1.08. The number of hydrogen-bond donors (Lipinski definition) is 2. The van der Waals surface area contributed by atoms with Gasteiger partial charge in [-0.3, -0.25) is 19.3 Å². The van der Waals surface area contributed by atoms with E-state index in [0.717, 1.165) is 21.6 Å². The lowest BCUT2D eigenvalue weighted by atomic mass is 9.70. The quantitative estimate of drug-likeness (QED) is 0.420. The smallest absolute Gasteiger partial charge is 0.309 e. The zero-order valence-electron chi connectivity index (χ0n) is 19.0. The maximum absolute atomic E-state index is 13.7. The molecule has 1 aliphatic heterocycles. The van der Waals surface area contributed by atoms with E-state index in [1.165, 1.54) is 24.3 Å². The van der Waals surface area contributed by atoms with Crippen LogP contribution in [0.1, 0.15) is 21.5 Å². The van der Waals surface area contributed by atoms with Gasteiger partial charge in [0.1, 0.15) is 5.75 Å². The van der Waals surface area contributed by atoms with Gasteiger partial charge in [-0.25, -0.2) is 0 Å². The Kier molecular flexibility index (Phi) is 5.95. The van der Waals surface area contributed by atoms with Crippen molar-refractivity contribution in [3.8, 4) is 5.75 Å². The Morgan fingerprint density at radius 2 is 1.43 bits per heavy atom. The highest BCUT2D eigenvalue weighted by atomic mass is 16.4. The molecule has 6 nitrogen and oxygen atoms in total. The number of amides is 2. The van der Waals surface area contributed by atoms with E-state index >= 15 is 0 Å². The molecule has 0 radical (unpaired) electrons. The molecular weight excluding hydrogens is 442 g/mol. The van der Waals surface area contributed by atoms with Crippen molar-refractivity contribution >= 4 is 17.8 Å². The number of carboxylic acid groups (broad SMARTS) is 1. The summed E-state index contributed by atoms with van der Waals surface area (Å²) in [7, 11) is 0. The van der Waals surface area contributed by atoms with Crippen molar-refractivity contribution in [2.24, 2.45) is 17.8 Å². The number of hydrogen-bond acceptors (Lipinski definition) is 4. The molecule has 2 amide bonds. The van der Waals surface area contributed by atoms with E-state index in [9.17, 15) is 24.6 Å². The molecule has 1 saturated heterocycles. The summed E-state index contributed by atoms with van der Waals surface area (Å²) >= 11 is 0. The van der Waals surface area contributed by atoms with Gasteiger partial charge in [0.25, 0.3) is 5.91 Å². The highest BCUT2D eigenvalue weighted by Crippen LogP contribution is 2.47. The van der Waals surface area contributed by atoms with Gasteiger partial charge in [-0.2, -0.15) is 0 Å². The molecule has 2 aliphatic rings. The van der Waals surface area contributed by atoms with Crippen LogP contribution in [-0.2, 0) is 22.4 Å². The molecule has 2 bridgehead atoms. The van der Waals surface area contributed by atoms with Gasteiger partial charge in [0.15, 0.2) is 0 Å². The van der Waals surface area contributed by atoms with Crippen molar-refractivity contribution in [2.45, 2.75) is 18.9 Å². The van der Waals surface area contributed by atoms with E-state index in [0.29, 0.717) is 12.8 Å². The SMILES string of the molecule is O=C(O)C1C2C(=O)N(C(=O)c3ccc(O)cc3)C1C(Cc1ccccc1)=CC2Cc1ccccc1. The first-order chi connectivity index (χ1) is 16.9. The Labute approximate surface area is 203 Å². The lowest BCUT2D eigenvalue weighted by Gasteiger charge is -2.33. The van der Waals surface area contributed by atoms with E-state index in [1.807, 2.05) is 66.7 Å². The predicted octanol–water partition coefficient (Wildman–Crippen LogP) is 4.10. The minimum absolute atomic E-state index is 0.00374. The molecule has 2 N–H and O–H groups in total. The van der Waals surface area contributed by atoms with Crippen LogP contribution in [0, 0.1) is 17.8 Å². The zero-order chi connectivity index (χ0) is 24.5. The lowest BCUT2D eigenvalue weighted by molar-refractivity contribution is -0.145. The highest BCUT2D eigenvalue weighted by molar-refractivity contribution is 6.09. The first-order valence-electron chi connectivity index (χ1n) is 11.6. The molecule has 1 fully saturated rings. The van der Waals surface area contributed by atoms with Gasteiger partial charge in [-0.1, -0.05) is 66.7 Å². The fraction of sp³-hybridized carbons (Fsp3) is 0.207. The summed E-state index contributed by atoms with van der Waals surface area (Å²) in [5.41, 5.74) is 2.98. The summed E-state index contributed by atoms with van der Waals surface area (Å²) in [6, 6.07) is 24.1. The summed E-state index contributed by atoms with van der Waals surface area (Å²) < 4.78 is 0. The van der Waals surface area contributed by atoms with E-state index in [4.69, 9.17) is 0 Å². The molecule has 0 aromatic heterocycles. The molecule has 3 aromatic rings. The average molecular weight is 468 g/mol. The lowest BCUT2D eigenvalue weighted by Crippen LogP contribution is -2.44. The topological polar surface area (TPSA) is 94.9 Å². The van der Waals surface area contributed by atoms with Crippen LogP contribution in [0.4, 0.5) is 0 Å². The van der Waals surface area contributed by atoms with Crippen LogP contribution in [0.5, 0.6) is 5.75 Å². The summed E-state index contributed by atoms with van der Waals surface area (Å²) in [5, 5.41) is 19.9. The fourth-order valence-electron chi connectivity index (χ4n) is 5.46. The van der Waals surface area contributed by atoms with Crippen molar-refractivity contribution in [1.82, 2.24) is 4.90 Å². The van der Waals surface area contributed by atoms with Crippen LogP contribution >= 0.6 is 0 Å². The Morgan fingerprint density at radius 3 is 2.03 bits per heavy atom. The second-order valence-corrected chi connectivity index (χ2v) is 9.15. The van der Waals surface area contributed by atoms with Crippen LogP contribution in [0.3, 0.4) is 0 Å². The number of rotatable bonds is 6. The van der Waals surface area contributed by atoms with Crippen LogP contribution in [0.25, 0.3) is 0 Å². The Morgan fingerprint density at radius 1 is 0.829 bits per heavy atom. The van der Waals surface area contributed by atoms with Gasteiger partial charge >= 0.3 is 5.97 Å². The Balaban J connectivity index is 1.59. The van der Waals surface area contributed by atoms with Crippen molar-refractivity contribution < 1.29 is 24.6 Å². The second kappa shape index (κ2) is 9.22. The molecule has 6 heteroatoms. The average Bonchev–Trinajstić information content (AvgIpc) is 3.12. The van der Waals surface area contributed by atoms with E-state index in [1.54, 1.807) is 0 Å². The monoisotopic (exact) mass is 467 g/mol. The second-order valence-electron chi connectivity index (χ2n) is 9.15. The van der Waals surface area contributed by atoms with Crippen molar-refractivity contribution in [3.05, 3.63) is 113 Å². The standard InChI is InChI=1S/C29H25NO5/c31-23-13-11-20(12-14-23)27(32)30-26-22(16-19-9-5-2-6-10-19)17-21(15-18-7-3-1-4-8-18)24(28(30)33)25(26)29(34)35/h1-14,17,21,24-26,31H,15-16H2,(H,34,35). The van der Waals surface area contributed by atoms with Crippen molar-refractivity contribution in [3.63, 3.8) is 0 Å². The van der Waals surface area contributed by atoms with E-state index < -0.39 is 35.7 Å². The fourth-order valence-corrected chi connectivity index (χ4v) is 5.46. The van der Waals surface area contributed by atoms with Crippen LogP contribution in [0.2, 0.25) is 0 Å². The number of aromatic hydroxyl groups is 1. The molecular formula is C29H25NO5. The van der Waals surface area contributed by atoms with Gasteiger partial charge in [-0.05, 0) is 59.7 Å². The molecule has 1 heterocycles. The number of aliphatic carboxylic acids is 1. The Hall–Kier alpha value is -4.19. The first kappa shape index (κ1) is 22.6. The number of fused-ring (bicyclic) bond motifs is 2. The largest absolute Gasteiger partial charge is 0.508 e.